The molecule has 0 unspecified atom stereocenters. The van der Waals surface area contributed by atoms with Crippen molar-refractivity contribution in [2.45, 2.75) is 19.8 Å². The molecular weight excluding hydrogens is 174 g/mol. The molecule has 3 nitrogen and oxygen atoms in total. The van der Waals surface area contributed by atoms with Crippen LogP contribution in [0.4, 0.5) is 0 Å². The molecule has 2 N–H and O–H groups in total. The Hall–Kier alpha value is -1.35. The summed E-state index contributed by atoms with van der Waals surface area (Å²) in [6, 6.07) is 4.23. The molecule has 0 bridgehead atoms. The second-order valence-electron chi connectivity index (χ2n) is 3.58. The Morgan fingerprint density at radius 3 is 3.07 bits per heavy atom. The van der Waals surface area contributed by atoms with Gasteiger partial charge in [0.25, 0.3) is 0 Å². The third-order valence-electron chi connectivity index (χ3n) is 2.38. The number of fused-ring (bicyclic) bond motifs is 1. The van der Waals surface area contributed by atoms with Gasteiger partial charge in [0.1, 0.15) is 0 Å². The highest BCUT2D eigenvalue weighted by Gasteiger charge is 2.02. The van der Waals surface area contributed by atoms with Crippen molar-refractivity contribution in [2.75, 3.05) is 6.54 Å². The average Bonchev–Trinajstić information content (AvgIpc) is 2.57. The molecule has 2 aromatic rings. The molecule has 0 aliphatic rings. The second kappa shape index (κ2) is 3.80. The smallest absolute Gasteiger partial charge is 0.0995 e. The summed E-state index contributed by atoms with van der Waals surface area (Å²) in [7, 11) is 0. The van der Waals surface area contributed by atoms with Crippen molar-refractivity contribution < 1.29 is 0 Å². The number of hydrogen-bond acceptors (Lipinski definition) is 2. The molecule has 0 saturated heterocycles. The summed E-state index contributed by atoms with van der Waals surface area (Å²) in [5.41, 5.74) is 9.08. The van der Waals surface area contributed by atoms with E-state index in [-0.39, 0.29) is 0 Å². The summed E-state index contributed by atoms with van der Waals surface area (Å²) in [5.74, 6) is 0. The molecule has 0 fully saturated rings. The van der Waals surface area contributed by atoms with Crippen LogP contribution in [0.15, 0.2) is 24.7 Å². The first kappa shape index (κ1) is 9.21. The summed E-state index contributed by atoms with van der Waals surface area (Å²) >= 11 is 0. The van der Waals surface area contributed by atoms with Gasteiger partial charge in [0.2, 0.25) is 0 Å². The van der Waals surface area contributed by atoms with E-state index in [4.69, 9.17) is 5.73 Å². The molecule has 2 rings (SSSR count). The van der Waals surface area contributed by atoms with Crippen LogP contribution in [0.25, 0.3) is 5.52 Å². The van der Waals surface area contributed by atoms with E-state index in [2.05, 4.69) is 34.6 Å². The lowest BCUT2D eigenvalue weighted by molar-refractivity contribution is 0.820. The number of rotatable bonds is 3. The van der Waals surface area contributed by atoms with Crippen LogP contribution in [-0.2, 0) is 6.42 Å². The summed E-state index contributed by atoms with van der Waals surface area (Å²) in [6.07, 6.45) is 5.93. The molecule has 3 heteroatoms. The Balaban J connectivity index is 2.37. The van der Waals surface area contributed by atoms with Gasteiger partial charge >= 0.3 is 0 Å². The predicted octanol–water partition coefficient (Wildman–Crippen LogP) is 1.53. The highest BCUT2D eigenvalue weighted by atomic mass is 15.0. The van der Waals surface area contributed by atoms with Crippen molar-refractivity contribution in [1.82, 2.24) is 9.38 Å². The molecule has 2 heterocycles. The highest BCUT2D eigenvalue weighted by molar-refractivity contribution is 5.52. The van der Waals surface area contributed by atoms with Gasteiger partial charge in [-0.3, -0.25) is 0 Å². The minimum absolute atomic E-state index is 0.727. The van der Waals surface area contributed by atoms with Crippen molar-refractivity contribution in [3.63, 3.8) is 0 Å². The van der Waals surface area contributed by atoms with Crippen LogP contribution < -0.4 is 5.73 Å². The van der Waals surface area contributed by atoms with Crippen LogP contribution in [-0.4, -0.2) is 15.9 Å². The molecule has 74 valence electrons. The summed E-state index contributed by atoms with van der Waals surface area (Å²) < 4.78 is 2.07. The first-order chi connectivity index (χ1) is 6.81. The topological polar surface area (TPSA) is 43.3 Å². The zero-order valence-corrected chi connectivity index (χ0v) is 8.40. The summed E-state index contributed by atoms with van der Waals surface area (Å²) in [4.78, 5) is 4.38. The van der Waals surface area contributed by atoms with E-state index in [1.54, 1.807) is 0 Å². The lowest BCUT2D eigenvalue weighted by Gasteiger charge is -1.98. The van der Waals surface area contributed by atoms with Gasteiger partial charge in [-0.15, -0.1) is 0 Å². The van der Waals surface area contributed by atoms with Crippen molar-refractivity contribution >= 4 is 5.52 Å². The maximum Gasteiger partial charge on any atom is 0.0995 e. The summed E-state index contributed by atoms with van der Waals surface area (Å²) in [6.45, 7) is 2.81. The van der Waals surface area contributed by atoms with Gasteiger partial charge in [-0.1, -0.05) is 6.07 Å². The van der Waals surface area contributed by atoms with Crippen molar-refractivity contribution in [1.29, 1.82) is 0 Å². The van der Waals surface area contributed by atoms with E-state index in [9.17, 15) is 0 Å². The number of pyridine rings is 1. The standard InChI is InChI=1S/C11H15N3/c1-9-4-5-11-10(3-2-6-12)13-8-14(11)7-9/h4-5,7-8H,2-3,6,12H2,1H3. The monoisotopic (exact) mass is 189 g/mol. The fourth-order valence-corrected chi connectivity index (χ4v) is 1.63. The Bertz CT molecular complexity index is 431. The van der Waals surface area contributed by atoms with E-state index < -0.39 is 0 Å². The summed E-state index contributed by atoms with van der Waals surface area (Å²) in [5, 5.41) is 0. The molecule has 0 amide bonds. The SMILES string of the molecule is Cc1ccc2c(CCCN)ncn2c1. The minimum atomic E-state index is 0.727. The lowest BCUT2D eigenvalue weighted by Crippen LogP contribution is -2.00. The van der Waals surface area contributed by atoms with Crippen molar-refractivity contribution in [2.24, 2.45) is 5.73 Å². The average molecular weight is 189 g/mol. The third-order valence-corrected chi connectivity index (χ3v) is 2.38. The molecule has 0 aliphatic carbocycles. The van der Waals surface area contributed by atoms with E-state index in [1.165, 1.54) is 11.1 Å². The van der Waals surface area contributed by atoms with Gasteiger partial charge < -0.3 is 10.1 Å². The van der Waals surface area contributed by atoms with Crippen LogP contribution in [0.2, 0.25) is 0 Å². The lowest BCUT2D eigenvalue weighted by atomic mass is 10.2. The maximum atomic E-state index is 5.48. The van der Waals surface area contributed by atoms with Gasteiger partial charge in [0.15, 0.2) is 0 Å². The van der Waals surface area contributed by atoms with Crippen LogP contribution >= 0.6 is 0 Å². The number of nitrogens with two attached hydrogens (primary N) is 1. The van der Waals surface area contributed by atoms with Gasteiger partial charge in [-0.2, -0.15) is 0 Å². The number of imidazole rings is 1. The van der Waals surface area contributed by atoms with Crippen molar-refractivity contribution in [3.8, 4) is 0 Å². The molecule has 0 radical (unpaired) electrons. The van der Waals surface area contributed by atoms with Crippen LogP contribution in [0.3, 0.4) is 0 Å². The largest absolute Gasteiger partial charge is 0.330 e. The van der Waals surface area contributed by atoms with E-state index >= 15 is 0 Å². The minimum Gasteiger partial charge on any atom is -0.330 e. The first-order valence-corrected chi connectivity index (χ1v) is 4.93. The zero-order chi connectivity index (χ0) is 9.97. The number of hydrogen-bond donors (Lipinski definition) is 1. The Morgan fingerprint density at radius 2 is 2.29 bits per heavy atom. The number of nitrogens with zero attached hydrogens (tertiary/aromatic N) is 2. The third kappa shape index (κ3) is 1.63. The van der Waals surface area contributed by atoms with Crippen LogP contribution in [0, 0.1) is 6.92 Å². The van der Waals surface area contributed by atoms with E-state index in [0.29, 0.717) is 0 Å². The normalized spacial score (nSPS) is 11.0. The van der Waals surface area contributed by atoms with Crippen LogP contribution in [0.5, 0.6) is 0 Å². The maximum absolute atomic E-state index is 5.48. The number of aromatic nitrogens is 2. The Morgan fingerprint density at radius 1 is 1.43 bits per heavy atom. The Labute approximate surface area is 83.6 Å². The van der Waals surface area contributed by atoms with E-state index in [0.717, 1.165) is 25.1 Å². The second-order valence-corrected chi connectivity index (χ2v) is 3.58. The molecular formula is C11H15N3. The Kier molecular flexibility index (Phi) is 2.50. The van der Waals surface area contributed by atoms with Gasteiger partial charge in [-0.25, -0.2) is 4.98 Å². The quantitative estimate of drug-likeness (QED) is 0.795. The number of aryl methyl sites for hydroxylation is 2. The van der Waals surface area contributed by atoms with Gasteiger partial charge in [0.05, 0.1) is 17.5 Å². The molecule has 14 heavy (non-hydrogen) atoms. The first-order valence-electron chi connectivity index (χ1n) is 4.93. The zero-order valence-electron chi connectivity index (χ0n) is 8.40. The van der Waals surface area contributed by atoms with Gasteiger partial charge in [0, 0.05) is 6.20 Å². The molecule has 0 aliphatic heterocycles. The van der Waals surface area contributed by atoms with E-state index in [1.807, 2.05) is 6.33 Å². The highest BCUT2D eigenvalue weighted by Crippen LogP contribution is 2.12. The molecule has 0 aromatic carbocycles. The molecule has 0 saturated carbocycles. The van der Waals surface area contributed by atoms with Crippen LogP contribution in [0.1, 0.15) is 17.7 Å². The molecule has 0 spiro atoms. The fraction of sp³-hybridized carbons (Fsp3) is 0.364. The molecule has 0 atom stereocenters. The molecule has 2 aromatic heterocycles. The van der Waals surface area contributed by atoms with Crippen molar-refractivity contribution in [3.05, 3.63) is 35.9 Å². The fourth-order valence-electron chi connectivity index (χ4n) is 1.63. The van der Waals surface area contributed by atoms with Gasteiger partial charge in [-0.05, 0) is 37.9 Å². The predicted molar refractivity (Wildman–Crippen MR) is 57.3 cm³/mol.